The number of amides is 2. The molecule has 44 heavy (non-hydrogen) atoms. The summed E-state index contributed by atoms with van der Waals surface area (Å²) >= 11 is 0. The van der Waals surface area contributed by atoms with E-state index in [0.29, 0.717) is 37.3 Å². The van der Waals surface area contributed by atoms with Crippen LogP contribution in [0.1, 0.15) is 58.9 Å². The number of rotatable bonds is 9. The Balaban J connectivity index is 1.94. The highest BCUT2D eigenvalue weighted by Crippen LogP contribution is 2.21. The number of aliphatic hydroxyl groups is 1. The van der Waals surface area contributed by atoms with E-state index in [2.05, 4.69) is 10.6 Å². The summed E-state index contributed by atoms with van der Waals surface area (Å²) in [5.74, 6) is -0.292. The topological polar surface area (TPSA) is 177 Å². The molecule has 2 aromatic carbocycles. The molecule has 0 unspecified atom stereocenters. The molecule has 4 atom stereocenters. The van der Waals surface area contributed by atoms with Crippen molar-refractivity contribution in [1.29, 1.82) is 0 Å². The quantitative estimate of drug-likeness (QED) is 0.262. The van der Waals surface area contributed by atoms with Crippen LogP contribution in [0.2, 0.25) is 0 Å². The van der Waals surface area contributed by atoms with Gasteiger partial charge in [-0.15, -0.1) is 0 Å². The van der Waals surface area contributed by atoms with Gasteiger partial charge in [-0.1, -0.05) is 39.8 Å². The Morgan fingerprint density at radius 1 is 0.977 bits per heavy atom. The van der Waals surface area contributed by atoms with Crippen molar-refractivity contribution < 1.29 is 27.9 Å². The molecule has 0 saturated carbocycles. The van der Waals surface area contributed by atoms with Gasteiger partial charge in [0.15, 0.2) is 0 Å². The molecule has 0 spiro atoms. The number of sulfonamides is 1. The van der Waals surface area contributed by atoms with Crippen LogP contribution in [0.5, 0.6) is 5.75 Å². The number of carbonyl (C=O) groups excluding carboxylic acids is 2. The lowest BCUT2D eigenvalue weighted by Crippen LogP contribution is -2.58. The zero-order valence-electron chi connectivity index (χ0n) is 26.2. The van der Waals surface area contributed by atoms with Crippen LogP contribution < -0.4 is 26.8 Å². The molecule has 2 heterocycles. The minimum atomic E-state index is -3.99. The van der Waals surface area contributed by atoms with E-state index in [1.54, 1.807) is 0 Å². The van der Waals surface area contributed by atoms with Gasteiger partial charge in [0, 0.05) is 18.8 Å². The van der Waals surface area contributed by atoms with Crippen molar-refractivity contribution in [3.8, 4) is 5.75 Å². The molecule has 2 aliphatic heterocycles. The van der Waals surface area contributed by atoms with Gasteiger partial charge < -0.3 is 31.9 Å². The average molecular weight is 632 g/mol. The molecular weight excluding hydrogens is 582 g/mol. The van der Waals surface area contributed by atoms with Crippen LogP contribution in [0, 0.1) is 11.8 Å². The number of hydrogen-bond acceptors (Lipinski definition) is 8. The predicted octanol–water partition coefficient (Wildman–Crippen LogP) is 2.42. The molecule has 2 aromatic rings. The first-order chi connectivity index (χ1) is 20.8. The van der Waals surface area contributed by atoms with Gasteiger partial charge in [0.1, 0.15) is 11.8 Å². The molecule has 244 valence electrons. The van der Waals surface area contributed by atoms with Gasteiger partial charge in [-0.25, -0.2) is 8.42 Å². The number of benzene rings is 2. The van der Waals surface area contributed by atoms with E-state index in [1.807, 2.05) is 52.0 Å². The number of anilines is 1. The van der Waals surface area contributed by atoms with Gasteiger partial charge in [0.25, 0.3) is 0 Å². The van der Waals surface area contributed by atoms with Crippen LogP contribution in [-0.2, 0) is 26.0 Å². The molecule has 0 radical (unpaired) electrons. The summed E-state index contributed by atoms with van der Waals surface area (Å²) in [5.41, 5.74) is 13.2. The number of nitrogens with one attached hydrogen (secondary N) is 2. The van der Waals surface area contributed by atoms with Gasteiger partial charge in [-0.05, 0) is 85.9 Å². The highest BCUT2D eigenvalue weighted by molar-refractivity contribution is 7.89. The molecule has 11 nitrogen and oxygen atoms in total. The van der Waals surface area contributed by atoms with Crippen LogP contribution in [0.15, 0.2) is 53.4 Å². The van der Waals surface area contributed by atoms with Crippen molar-refractivity contribution >= 4 is 27.5 Å². The highest BCUT2D eigenvalue weighted by Gasteiger charge is 2.33. The average Bonchev–Trinajstić information content (AvgIpc) is 2.97. The SMILES string of the molecule is CC(C)CCN(C[C@@H](O)[C@@H]1Cc2ccc(cc2)OCCCC[C@@H](N)C(=O)N[C@@H](C(C)C)C(=O)N1)S(=O)(=O)c1ccc(N)cc1. The van der Waals surface area contributed by atoms with Gasteiger partial charge in [-0.2, -0.15) is 4.31 Å². The lowest BCUT2D eigenvalue weighted by molar-refractivity contribution is -0.131. The van der Waals surface area contributed by atoms with E-state index in [4.69, 9.17) is 16.2 Å². The largest absolute Gasteiger partial charge is 0.494 e. The van der Waals surface area contributed by atoms with Crippen LogP contribution in [-0.4, -0.2) is 73.6 Å². The number of aliphatic hydroxyl groups excluding tert-OH is 1. The standard InChI is InChI=1S/C32H49N5O6S/c1-21(2)16-17-37(44(41,42)26-14-10-24(33)11-15-26)20-29(38)28-19-23-8-12-25(13-9-23)43-18-6-5-7-27(34)31(39)36-30(22(3)4)32(40)35-28/h8-15,21-22,27-30,38H,5-7,16-20,33-34H2,1-4H3,(H,35,40)(H,36,39)/t27-,28+,29-,30+/m1/s1. The van der Waals surface area contributed by atoms with Crippen molar-refractivity contribution in [2.24, 2.45) is 17.6 Å². The molecule has 12 heteroatoms. The number of nitrogens with two attached hydrogens (primary N) is 2. The molecule has 0 aromatic heterocycles. The Hall–Kier alpha value is -3.19. The van der Waals surface area contributed by atoms with Crippen molar-refractivity contribution in [2.75, 3.05) is 25.4 Å². The second-order valence-corrected chi connectivity index (χ2v) is 14.3. The Kier molecular flexibility index (Phi) is 13.0. The zero-order chi connectivity index (χ0) is 32.4. The fraction of sp³-hybridized carbons (Fsp3) is 0.562. The normalized spacial score (nSPS) is 21.5. The van der Waals surface area contributed by atoms with Gasteiger partial charge in [0.05, 0.1) is 29.7 Å². The van der Waals surface area contributed by atoms with Crippen LogP contribution in [0.25, 0.3) is 0 Å². The van der Waals surface area contributed by atoms with E-state index in [1.165, 1.54) is 28.6 Å². The molecule has 2 aliphatic rings. The predicted molar refractivity (Wildman–Crippen MR) is 171 cm³/mol. The minimum absolute atomic E-state index is 0.0649. The summed E-state index contributed by atoms with van der Waals surface area (Å²) < 4.78 is 34.5. The number of nitrogens with zero attached hydrogens (tertiary/aromatic N) is 1. The Morgan fingerprint density at radius 2 is 1.64 bits per heavy atom. The third-order valence-corrected chi connectivity index (χ3v) is 9.68. The first-order valence-electron chi connectivity index (χ1n) is 15.4. The monoisotopic (exact) mass is 631 g/mol. The van der Waals surface area contributed by atoms with Crippen molar-refractivity contribution in [1.82, 2.24) is 14.9 Å². The molecular formula is C32H49N5O6S. The summed E-state index contributed by atoms with van der Waals surface area (Å²) in [7, 11) is -3.99. The number of nitrogen functional groups attached to an aromatic ring is 1. The summed E-state index contributed by atoms with van der Waals surface area (Å²) in [6, 6.07) is 10.7. The van der Waals surface area contributed by atoms with Gasteiger partial charge in [-0.3, -0.25) is 9.59 Å². The maximum atomic E-state index is 13.7. The van der Waals surface area contributed by atoms with Crippen molar-refractivity contribution in [3.05, 3.63) is 54.1 Å². The maximum Gasteiger partial charge on any atom is 0.243 e. The van der Waals surface area contributed by atoms with E-state index in [-0.39, 0.29) is 36.2 Å². The Morgan fingerprint density at radius 3 is 2.25 bits per heavy atom. The smallest absolute Gasteiger partial charge is 0.243 e. The lowest BCUT2D eigenvalue weighted by atomic mass is 9.98. The molecule has 0 fully saturated rings. The molecule has 4 rings (SSSR count). The zero-order valence-corrected chi connectivity index (χ0v) is 27.1. The fourth-order valence-corrected chi connectivity index (χ4v) is 6.42. The molecule has 0 aliphatic carbocycles. The molecule has 7 N–H and O–H groups in total. The second kappa shape index (κ2) is 16.2. The number of ether oxygens (including phenoxy) is 1. The number of hydrogen-bond donors (Lipinski definition) is 5. The lowest BCUT2D eigenvalue weighted by Gasteiger charge is -2.32. The summed E-state index contributed by atoms with van der Waals surface area (Å²) in [5, 5.41) is 17.3. The molecule has 2 amide bonds. The minimum Gasteiger partial charge on any atom is -0.494 e. The van der Waals surface area contributed by atoms with E-state index < -0.39 is 46.1 Å². The van der Waals surface area contributed by atoms with Crippen LogP contribution >= 0.6 is 0 Å². The summed E-state index contributed by atoms with van der Waals surface area (Å²) in [6.07, 6.45) is 1.35. The van der Waals surface area contributed by atoms with Crippen LogP contribution in [0.3, 0.4) is 0 Å². The van der Waals surface area contributed by atoms with E-state index in [0.717, 1.165) is 12.0 Å². The Labute approximate surface area is 261 Å². The van der Waals surface area contributed by atoms with E-state index >= 15 is 0 Å². The highest BCUT2D eigenvalue weighted by atomic mass is 32.2. The first kappa shape index (κ1) is 35.3. The van der Waals surface area contributed by atoms with Crippen molar-refractivity contribution in [3.63, 3.8) is 0 Å². The van der Waals surface area contributed by atoms with Crippen LogP contribution in [0.4, 0.5) is 5.69 Å². The second-order valence-electron chi connectivity index (χ2n) is 12.3. The van der Waals surface area contributed by atoms with Crippen molar-refractivity contribution in [2.45, 2.75) is 88.9 Å². The third kappa shape index (κ3) is 10.2. The summed E-state index contributed by atoms with van der Waals surface area (Å²) in [4.78, 5) is 26.6. The maximum absolute atomic E-state index is 13.7. The number of fused-ring (bicyclic) bond motifs is 14. The molecule has 0 saturated heterocycles. The summed E-state index contributed by atoms with van der Waals surface area (Å²) in [6.45, 7) is 8.01. The third-order valence-electron chi connectivity index (χ3n) is 7.80. The van der Waals surface area contributed by atoms with E-state index in [9.17, 15) is 23.1 Å². The fourth-order valence-electron chi connectivity index (χ4n) is 4.95. The molecule has 2 bridgehead atoms. The first-order valence-corrected chi connectivity index (χ1v) is 16.8. The number of carbonyl (C=O) groups is 2. The van der Waals surface area contributed by atoms with Gasteiger partial charge in [0.2, 0.25) is 21.8 Å². The van der Waals surface area contributed by atoms with Gasteiger partial charge >= 0.3 is 0 Å². The Bertz CT molecular complexity index is 1320.